The van der Waals surface area contributed by atoms with Gasteiger partial charge in [0.25, 0.3) is 5.91 Å². The van der Waals surface area contributed by atoms with Crippen LogP contribution in [-0.4, -0.2) is 28.4 Å². The van der Waals surface area contributed by atoms with Crippen molar-refractivity contribution in [1.29, 1.82) is 0 Å². The number of hydrogen-bond acceptors (Lipinski definition) is 3. The van der Waals surface area contributed by atoms with E-state index in [4.69, 9.17) is 10.8 Å². The van der Waals surface area contributed by atoms with Gasteiger partial charge in [-0.1, -0.05) is 6.07 Å². The smallest absolute Gasteiger partial charge is 0.305 e. The highest BCUT2D eigenvalue weighted by Gasteiger charge is 2.27. The summed E-state index contributed by atoms with van der Waals surface area (Å²) in [6.07, 6.45) is -0.0325. The van der Waals surface area contributed by atoms with Gasteiger partial charge in [-0.05, 0) is 17.7 Å². The molecule has 5 heteroatoms. The van der Waals surface area contributed by atoms with E-state index in [1.165, 1.54) is 4.90 Å². The van der Waals surface area contributed by atoms with E-state index < -0.39 is 5.97 Å². The van der Waals surface area contributed by atoms with Crippen LogP contribution in [-0.2, 0) is 11.3 Å². The van der Waals surface area contributed by atoms with Crippen LogP contribution in [0.1, 0.15) is 22.3 Å². The van der Waals surface area contributed by atoms with Crippen molar-refractivity contribution in [2.45, 2.75) is 13.0 Å². The number of carboxylic acid groups (broad SMARTS) is 1. The van der Waals surface area contributed by atoms with E-state index in [9.17, 15) is 9.59 Å². The molecule has 0 saturated carbocycles. The Hall–Kier alpha value is -2.04. The minimum atomic E-state index is -0.900. The molecule has 1 heterocycles. The molecule has 5 nitrogen and oxygen atoms in total. The van der Waals surface area contributed by atoms with E-state index in [0.717, 1.165) is 5.56 Å². The fourth-order valence-corrected chi connectivity index (χ4v) is 1.79. The first-order chi connectivity index (χ1) is 7.58. The molecule has 1 aliphatic heterocycles. The van der Waals surface area contributed by atoms with E-state index in [0.29, 0.717) is 17.8 Å². The van der Waals surface area contributed by atoms with Gasteiger partial charge in [0.1, 0.15) is 0 Å². The van der Waals surface area contributed by atoms with Crippen LogP contribution >= 0.6 is 0 Å². The molecule has 0 bridgehead atoms. The van der Waals surface area contributed by atoms with Gasteiger partial charge in [0.15, 0.2) is 0 Å². The molecule has 0 spiro atoms. The van der Waals surface area contributed by atoms with Crippen LogP contribution in [0.3, 0.4) is 0 Å². The van der Waals surface area contributed by atoms with Crippen LogP contribution in [0, 0.1) is 0 Å². The van der Waals surface area contributed by atoms with Gasteiger partial charge >= 0.3 is 5.97 Å². The van der Waals surface area contributed by atoms with Crippen molar-refractivity contribution in [3.8, 4) is 0 Å². The van der Waals surface area contributed by atoms with E-state index in [2.05, 4.69) is 0 Å². The summed E-state index contributed by atoms with van der Waals surface area (Å²) in [5.74, 6) is -1.04. The molecule has 16 heavy (non-hydrogen) atoms. The normalized spacial score (nSPS) is 14.0. The molecule has 3 N–H and O–H groups in total. The molecule has 0 fully saturated rings. The van der Waals surface area contributed by atoms with Crippen LogP contribution in [0.5, 0.6) is 0 Å². The molecule has 0 aliphatic carbocycles. The number of carbonyl (C=O) groups is 2. The molecule has 0 atom stereocenters. The van der Waals surface area contributed by atoms with Crippen molar-refractivity contribution in [2.24, 2.45) is 0 Å². The third-order valence-corrected chi connectivity index (χ3v) is 2.61. The topological polar surface area (TPSA) is 83.6 Å². The number of carboxylic acids is 1. The van der Waals surface area contributed by atoms with Gasteiger partial charge in [0.05, 0.1) is 6.42 Å². The average molecular weight is 220 g/mol. The molecule has 0 aromatic heterocycles. The molecule has 0 saturated heterocycles. The van der Waals surface area contributed by atoms with Crippen LogP contribution in [0.4, 0.5) is 5.69 Å². The number of anilines is 1. The summed E-state index contributed by atoms with van der Waals surface area (Å²) in [5, 5.41) is 8.56. The van der Waals surface area contributed by atoms with Crippen molar-refractivity contribution in [1.82, 2.24) is 4.90 Å². The number of hydrogen-bond donors (Lipinski definition) is 2. The lowest BCUT2D eigenvalue weighted by atomic mass is 10.1. The lowest BCUT2D eigenvalue weighted by molar-refractivity contribution is -0.137. The standard InChI is InChI=1S/C11H12N2O3/c12-8-2-1-7-6-13(4-3-10(14)15)11(16)9(7)5-8/h1-2,5H,3-4,6,12H2,(H,14,15). The first-order valence-electron chi connectivity index (χ1n) is 4.97. The minimum absolute atomic E-state index is 0.0325. The first-order valence-corrected chi connectivity index (χ1v) is 4.97. The highest BCUT2D eigenvalue weighted by atomic mass is 16.4. The first kappa shape index (κ1) is 10.5. The number of fused-ring (bicyclic) bond motifs is 1. The fraction of sp³-hybridized carbons (Fsp3) is 0.273. The molecular formula is C11H12N2O3. The summed E-state index contributed by atoms with van der Waals surface area (Å²) < 4.78 is 0. The summed E-state index contributed by atoms with van der Waals surface area (Å²) in [5.41, 5.74) is 7.64. The Kier molecular flexibility index (Phi) is 2.52. The Morgan fingerprint density at radius 2 is 2.25 bits per heavy atom. The lowest BCUT2D eigenvalue weighted by Crippen LogP contribution is -2.26. The van der Waals surface area contributed by atoms with Gasteiger partial charge < -0.3 is 15.7 Å². The Balaban J connectivity index is 2.15. The molecule has 0 radical (unpaired) electrons. The maximum absolute atomic E-state index is 11.8. The number of amides is 1. The summed E-state index contributed by atoms with van der Waals surface area (Å²) in [6, 6.07) is 5.19. The van der Waals surface area contributed by atoms with E-state index in [1.54, 1.807) is 12.1 Å². The second kappa shape index (κ2) is 3.84. The third kappa shape index (κ3) is 1.84. The van der Waals surface area contributed by atoms with Gasteiger partial charge in [0.2, 0.25) is 0 Å². The van der Waals surface area contributed by atoms with E-state index in [-0.39, 0.29) is 18.9 Å². The second-order valence-corrected chi connectivity index (χ2v) is 3.79. The van der Waals surface area contributed by atoms with Crippen LogP contribution < -0.4 is 5.73 Å². The molecule has 1 aromatic rings. The number of rotatable bonds is 3. The Labute approximate surface area is 92.5 Å². The number of nitrogen functional groups attached to an aromatic ring is 1. The fourth-order valence-electron chi connectivity index (χ4n) is 1.79. The van der Waals surface area contributed by atoms with Crippen molar-refractivity contribution < 1.29 is 14.7 Å². The van der Waals surface area contributed by atoms with Crippen molar-refractivity contribution >= 4 is 17.6 Å². The van der Waals surface area contributed by atoms with Gasteiger partial charge in [0, 0.05) is 24.3 Å². The Morgan fingerprint density at radius 3 is 2.94 bits per heavy atom. The zero-order valence-corrected chi connectivity index (χ0v) is 8.64. The summed E-state index contributed by atoms with van der Waals surface area (Å²) in [7, 11) is 0. The number of carbonyl (C=O) groups excluding carboxylic acids is 1. The zero-order valence-electron chi connectivity index (χ0n) is 8.64. The van der Waals surface area contributed by atoms with Gasteiger partial charge in [-0.25, -0.2) is 0 Å². The molecule has 2 rings (SSSR count). The third-order valence-electron chi connectivity index (χ3n) is 2.61. The number of nitrogens with zero attached hydrogens (tertiary/aromatic N) is 1. The van der Waals surface area contributed by atoms with E-state index in [1.807, 2.05) is 6.07 Å². The Bertz CT molecular complexity index is 457. The van der Waals surface area contributed by atoms with Crippen molar-refractivity contribution in [2.75, 3.05) is 12.3 Å². The second-order valence-electron chi connectivity index (χ2n) is 3.79. The van der Waals surface area contributed by atoms with Gasteiger partial charge in [-0.2, -0.15) is 0 Å². The molecule has 1 aliphatic rings. The SMILES string of the molecule is Nc1ccc2c(c1)C(=O)N(CCC(=O)O)C2. The summed E-state index contributed by atoms with van der Waals surface area (Å²) in [6.45, 7) is 0.713. The number of benzene rings is 1. The van der Waals surface area contributed by atoms with Crippen LogP contribution in [0.2, 0.25) is 0 Å². The largest absolute Gasteiger partial charge is 0.481 e. The predicted molar refractivity (Wildman–Crippen MR) is 57.8 cm³/mol. The molecule has 84 valence electrons. The maximum atomic E-state index is 11.8. The molecule has 1 amide bonds. The minimum Gasteiger partial charge on any atom is -0.481 e. The Morgan fingerprint density at radius 1 is 1.50 bits per heavy atom. The molecule has 1 aromatic carbocycles. The van der Waals surface area contributed by atoms with Crippen molar-refractivity contribution in [3.05, 3.63) is 29.3 Å². The molecular weight excluding hydrogens is 208 g/mol. The highest BCUT2D eigenvalue weighted by Crippen LogP contribution is 2.24. The highest BCUT2D eigenvalue weighted by molar-refractivity contribution is 5.99. The quantitative estimate of drug-likeness (QED) is 0.734. The van der Waals surface area contributed by atoms with Crippen LogP contribution in [0.25, 0.3) is 0 Å². The predicted octanol–water partition coefficient (Wildman–Crippen LogP) is 0.699. The van der Waals surface area contributed by atoms with Gasteiger partial charge in [-0.3, -0.25) is 9.59 Å². The van der Waals surface area contributed by atoms with Crippen LogP contribution in [0.15, 0.2) is 18.2 Å². The van der Waals surface area contributed by atoms with E-state index >= 15 is 0 Å². The van der Waals surface area contributed by atoms with Gasteiger partial charge in [-0.15, -0.1) is 0 Å². The number of nitrogens with two attached hydrogens (primary N) is 1. The number of aliphatic carboxylic acids is 1. The maximum Gasteiger partial charge on any atom is 0.305 e. The zero-order chi connectivity index (χ0) is 11.7. The van der Waals surface area contributed by atoms with Crippen molar-refractivity contribution in [3.63, 3.8) is 0 Å². The lowest BCUT2D eigenvalue weighted by Gasteiger charge is -2.13. The monoisotopic (exact) mass is 220 g/mol. The summed E-state index contributed by atoms with van der Waals surface area (Å²) >= 11 is 0. The molecule has 0 unspecified atom stereocenters. The summed E-state index contributed by atoms with van der Waals surface area (Å²) in [4.78, 5) is 23.8. The average Bonchev–Trinajstić information content (AvgIpc) is 2.53.